The number of fused-ring (bicyclic) bond motifs is 5. The molecule has 3 rings (SSSR count). The minimum absolute atomic E-state index is 0. The molecule has 3 atom stereocenters. The molecule has 1 aromatic rings. The molecule has 1 fully saturated rings. The lowest BCUT2D eigenvalue weighted by Crippen LogP contribution is -2.31. The van der Waals surface area contributed by atoms with Crippen LogP contribution < -0.4 is 5.32 Å². The monoisotopic (exact) mass is 213 g/mol. The topological polar surface area (TPSA) is 12.0 Å². The van der Waals surface area contributed by atoms with E-state index >= 15 is 0 Å². The fourth-order valence-corrected chi connectivity index (χ4v) is 2.54. The van der Waals surface area contributed by atoms with Crippen LogP contribution in [-0.4, -0.2) is 6.17 Å². The summed E-state index contributed by atoms with van der Waals surface area (Å²) in [5, 5.41) is 3.33. The number of hydrogen-bond donors (Lipinski definition) is 1. The van der Waals surface area contributed by atoms with Crippen LogP contribution in [0.1, 0.15) is 36.1 Å². The molecule has 2 aliphatic rings. The third-order valence-corrected chi connectivity index (χ3v) is 3.18. The maximum Gasteiger partial charge on any atom is 0.120 e. The summed E-state index contributed by atoms with van der Waals surface area (Å²) in [7, 11) is 0. The van der Waals surface area contributed by atoms with E-state index in [0.717, 1.165) is 6.42 Å². The van der Waals surface area contributed by atoms with E-state index in [1.807, 2.05) is 18.2 Å². The van der Waals surface area contributed by atoms with E-state index in [-0.39, 0.29) is 18.4 Å². The van der Waals surface area contributed by atoms with Crippen LogP contribution in [0.15, 0.2) is 24.3 Å². The van der Waals surface area contributed by atoms with Crippen LogP contribution in [0.25, 0.3) is 0 Å². The number of piperidine rings is 1. The van der Waals surface area contributed by atoms with Gasteiger partial charge in [-0.2, -0.15) is 0 Å². The second-order valence-electron chi connectivity index (χ2n) is 3.92. The van der Waals surface area contributed by atoms with Crippen LogP contribution in [-0.2, 0) is 0 Å². The largest absolute Gasteiger partial charge is 0.301 e. The van der Waals surface area contributed by atoms with Gasteiger partial charge in [0.05, 0.1) is 6.04 Å². The minimum atomic E-state index is -0.695. The van der Waals surface area contributed by atoms with Crippen molar-refractivity contribution in [2.24, 2.45) is 0 Å². The smallest absolute Gasteiger partial charge is 0.120 e. The highest BCUT2D eigenvalue weighted by Gasteiger charge is 2.39. The average molecular weight is 214 g/mol. The molecule has 1 nitrogen and oxygen atoms in total. The number of halogens is 2. The maximum atomic E-state index is 13.5. The first kappa shape index (κ1) is 9.94. The van der Waals surface area contributed by atoms with Gasteiger partial charge in [-0.15, -0.1) is 12.4 Å². The lowest BCUT2D eigenvalue weighted by molar-refractivity contribution is 0.190. The molecular weight excluding hydrogens is 201 g/mol. The predicted molar refractivity (Wildman–Crippen MR) is 56.4 cm³/mol. The van der Waals surface area contributed by atoms with Gasteiger partial charge in [-0.25, -0.2) is 4.39 Å². The number of benzene rings is 1. The Morgan fingerprint density at radius 3 is 2.64 bits per heavy atom. The highest BCUT2D eigenvalue weighted by Crippen LogP contribution is 2.43. The zero-order chi connectivity index (χ0) is 8.84. The normalized spacial score (nSPS) is 33.4. The van der Waals surface area contributed by atoms with E-state index in [9.17, 15) is 4.39 Å². The first-order valence-electron chi connectivity index (χ1n) is 4.85. The van der Waals surface area contributed by atoms with Crippen molar-refractivity contribution >= 4 is 12.4 Å². The second-order valence-corrected chi connectivity index (χ2v) is 3.92. The van der Waals surface area contributed by atoms with Gasteiger partial charge in [0.15, 0.2) is 0 Å². The van der Waals surface area contributed by atoms with Crippen molar-refractivity contribution < 1.29 is 4.39 Å². The standard InChI is InChI=1S/C11H12FN.ClH/c12-9-5-6-10-7-3-1-2-4-8(7)11(9)13-10;/h1-4,9-11,13H,5-6H2;1H. The van der Waals surface area contributed by atoms with Gasteiger partial charge in [0.2, 0.25) is 0 Å². The summed E-state index contributed by atoms with van der Waals surface area (Å²) in [6, 6.07) is 8.57. The third-order valence-electron chi connectivity index (χ3n) is 3.18. The zero-order valence-corrected chi connectivity index (χ0v) is 8.56. The van der Waals surface area contributed by atoms with Crippen molar-refractivity contribution in [3.8, 4) is 0 Å². The summed E-state index contributed by atoms with van der Waals surface area (Å²) in [5.74, 6) is 0. The summed E-state index contributed by atoms with van der Waals surface area (Å²) >= 11 is 0. The number of alkyl halides is 1. The van der Waals surface area contributed by atoms with Crippen molar-refractivity contribution in [1.29, 1.82) is 0 Å². The molecule has 0 spiro atoms. The molecule has 2 heterocycles. The Balaban J connectivity index is 0.000000750. The summed E-state index contributed by atoms with van der Waals surface area (Å²) in [6.07, 6.45) is 0.950. The van der Waals surface area contributed by atoms with E-state index < -0.39 is 6.17 Å². The van der Waals surface area contributed by atoms with Crippen molar-refractivity contribution in [3.63, 3.8) is 0 Å². The third kappa shape index (κ3) is 1.25. The molecule has 1 aromatic carbocycles. The first-order valence-corrected chi connectivity index (χ1v) is 4.85. The van der Waals surface area contributed by atoms with Crippen molar-refractivity contribution in [2.45, 2.75) is 31.1 Å². The van der Waals surface area contributed by atoms with E-state index in [2.05, 4.69) is 11.4 Å². The SMILES string of the molecule is Cl.FC1CCC2NC1c1ccccc12. The predicted octanol–water partition coefficient (Wildman–Crippen LogP) is 2.93. The van der Waals surface area contributed by atoms with Crippen molar-refractivity contribution in [1.82, 2.24) is 5.32 Å². The molecule has 0 aromatic heterocycles. The number of rotatable bonds is 0. The van der Waals surface area contributed by atoms with Gasteiger partial charge in [-0.3, -0.25) is 0 Å². The molecule has 1 saturated heterocycles. The van der Waals surface area contributed by atoms with Crippen LogP contribution >= 0.6 is 12.4 Å². The Morgan fingerprint density at radius 1 is 1.14 bits per heavy atom. The summed E-state index contributed by atoms with van der Waals surface area (Å²) in [5.41, 5.74) is 2.49. The summed E-state index contributed by atoms with van der Waals surface area (Å²) in [4.78, 5) is 0. The Bertz CT molecular complexity index is 342. The molecular formula is C11H13ClFN. The van der Waals surface area contributed by atoms with Crippen LogP contribution in [0.3, 0.4) is 0 Å². The molecule has 0 aliphatic carbocycles. The first-order chi connectivity index (χ1) is 6.36. The second kappa shape index (κ2) is 3.52. The zero-order valence-electron chi connectivity index (χ0n) is 7.74. The molecule has 0 radical (unpaired) electrons. The molecule has 3 heteroatoms. The molecule has 2 aliphatic heterocycles. The summed E-state index contributed by atoms with van der Waals surface area (Å²) < 4.78 is 13.5. The fourth-order valence-electron chi connectivity index (χ4n) is 2.54. The Kier molecular flexibility index (Phi) is 2.50. The Hall–Kier alpha value is -0.600. The van der Waals surface area contributed by atoms with Gasteiger partial charge in [-0.1, -0.05) is 24.3 Å². The highest BCUT2D eigenvalue weighted by molar-refractivity contribution is 5.85. The minimum Gasteiger partial charge on any atom is -0.301 e. The Morgan fingerprint density at radius 2 is 1.86 bits per heavy atom. The average Bonchev–Trinajstić information content (AvgIpc) is 2.48. The van der Waals surface area contributed by atoms with E-state index in [1.54, 1.807) is 0 Å². The maximum absolute atomic E-state index is 13.5. The van der Waals surface area contributed by atoms with Crippen LogP contribution in [0.5, 0.6) is 0 Å². The van der Waals surface area contributed by atoms with Crippen LogP contribution in [0.2, 0.25) is 0 Å². The van der Waals surface area contributed by atoms with Gasteiger partial charge >= 0.3 is 0 Å². The number of nitrogens with one attached hydrogen (secondary N) is 1. The molecule has 0 saturated carbocycles. The van der Waals surface area contributed by atoms with Gasteiger partial charge in [-0.05, 0) is 24.0 Å². The van der Waals surface area contributed by atoms with E-state index in [4.69, 9.17) is 0 Å². The highest BCUT2D eigenvalue weighted by atomic mass is 35.5. The summed E-state index contributed by atoms with van der Waals surface area (Å²) in [6.45, 7) is 0. The van der Waals surface area contributed by atoms with Gasteiger partial charge in [0.1, 0.15) is 6.17 Å². The Labute approximate surface area is 89.1 Å². The molecule has 0 amide bonds. The van der Waals surface area contributed by atoms with Gasteiger partial charge < -0.3 is 5.32 Å². The molecule has 3 unspecified atom stereocenters. The lowest BCUT2D eigenvalue weighted by Gasteiger charge is -2.24. The quantitative estimate of drug-likeness (QED) is 0.699. The van der Waals surface area contributed by atoms with Crippen molar-refractivity contribution in [3.05, 3.63) is 35.4 Å². The molecule has 76 valence electrons. The number of hydrogen-bond acceptors (Lipinski definition) is 1. The van der Waals surface area contributed by atoms with E-state index in [0.29, 0.717) is 12.5 Å². The lowest BCUT2D eigenvalue weighted by atomic mass is 10.0. The van der Waals surface area contributed by atoms with Gasteiger partial charge in [0.25, 0.3) is 0 Å². The molecule has 2 bridgehead atoms. The van der Waals surface area contributed by atoms with Gasteiger partial charge in [0, 0.05) is 6.04 Å². The molecule has 1 N–H and O–H groups in total. The molecule has 14 heavy (non-hydrogen) atoms. The van der Waals surface area contributed by atoms with Crippen molar-refractivity contribution in [2.75, 3.05) is 0 Å². The van der Waals surface area contributed by atoms with Crippen LogP contribution in [0.4, 0.5) is 4.39 Å². The van der Waals surface area contributed by atoms with Crippen LogP contribution in [0, 0.1) is 0 Å². The fraction of sp³-hybridized carbons (Fsp3) is 0.455. The van der Waals surface area contributed by atoms with E-state index in [1.165, 1.54) is 11.1 Å².